The molecule has 2 aromatic heterocycles. The minimum absolute atomic E-state index is 0.125. The van der Waals surface area contributed by atoms with Crippen molar-refractivity contribution in [2.45, 2.75) is 59.3 Å². The second-order valence-electron chi connectivity index (χ2n) is 15.6. The number of hydrogen-bond acceptors (Lipinski definition) is 10. The molecule has 0 radical (unpaired) electrons. The summed E-state index contributed by atoms with van der Waals surface area (Å²) in [6.07, 6.45) is 2.61. The molecule has 0 amide bonds. The summed E-state index contributed by atoms with van der Waals surface area (Å²) >= 11 is 0. The van der Waals surface area contributed by atoms with Crippen LogP contribution in [-0.4, -0.2) is 52.1 Å². The first kappa shape index (κ1) is 44.1. The Hall–Kier alpha value is -6.98. The zero-order valence-electron chi connectivity index (χ0n) is 35.9. The van der Waals surface area contributed by atoms with Crippen LogP contribution in [0.4, 0.5) is 0 Å². The fourth-order valence-corrected chi connectivity index (χ4v) is 7.62. The first-order valence-electron chi connectivity index (χ1n) is 21.2. The topological polar surface area (TPSA) is 137 Å². The molecule has 0 spiro atoms. The molecule has 63 heavy (non-hydrogen) atoms. The van der Waals surface area contributed by atoms with Gasteiger partial charge in [0.05, 0.1) is 13.0 Å². The van der Waals surface area contributed by atoms with Gasteiger partial charge in [0.1, 0.15) is 47.6 Å². The molecular formula is C52H53N3O8. The van der Waals surface area contributed by atoms with E-state index in [9.17, 15) is 14.7 Å². The Kier molecular flexibility index (Phi) is 15.2. The molecule has 1 N–H and O–H groups in total. The van der Waals surface area contributed by atoms with Crippen LogP contribution < -0.4 is 9.47 Å². The molecule has 5 aromatic carbocycles. The molecule has 0 aliphatic carbocycles. The third-order valence-electron chi connectivity index (χ3n) is 11.1. The smallest absolute Gasteiger partial charge is 0.308 e. The summed E-state index contributed by atoms with van der Waals surface area (Å²) in [5.74, 6) is 3.05. The second kappa shape index (κ2) is 21.7. The van der Waals surface area contributed by atoms with Crippen molar-refractivity contribution in [1.29, 1.82) is 0 Å². The predicted molar refractivity (Wildman–Crippen MR) is 240 cm³/mol. The van der Waals surface area contributed by atoms with Crippen LogP contribution in [0.15, 0.2) is 148 Å². The quantitative estimate of drug-likeness (QED) is 0.0877. The van der Waals surface area contributed by atoms with Crippen molar-refractivity contribution in [3.8, 4) is 34.4 Å². The molecule has 1 fully saturated rings. The number of aliphatic carboxylic acids is 1. The van der Waals surface area contributed by atoms with Crippen molar-refractivity contribution in [3.05, 3.63) is 179 Å². The van der Waals surface area contributed by atoms with Gasteiger partial charge in [0, 0.05) is 37.2 Å². The lowest BCUT2D eigenvalue weighted by atomic mass is 9.90. The summed E-state index contributed by atoms with van der Waals surface area (Å²) in [6.45, 7) is 6.61. The van der Waals surface area contributed by atoms with Gasteiger partial charge in [-0.1, -0.05) is 91.0 Å². The maximum atomic E-state index is 12.0. The highest BCUT2D eigenvalue weighted by Gasteiger charge is 2.37. The summed E-state index contributed by atoms with van der Waals surface area (Å²) < 4.78 is 28.2. The average Bonchev–Trinajstić information content (AvgIpc) is 4.03. The predicted octanol–water partition coefficient (Wildman–Crippen LogP) is 10.3. The standard InChI is InChI=1S/C31H32N2O4.C21H21NO4/c1-22-29(32-30(37-22)25-12-6-3-7-13-25)21-36-27-14-8-11-23(17-27)15-16-26-19-33(20-28(26)31(34)35)18-24-9-4-2-5-10-24;1-15-19(22-21(26-15)17-8-4-3-5-9-17)14-25-18-10-6-7-16(13-18)11-12-20(23)24-2/h2-14,17,26,28H,15-16,18-21H2,1H3,(H,34,35);3-10,13H,11-12,14H2,1-2H3/t26-,28+;/m1./s1. The maximum absolute atomic E-state index is 12.0. The Bertz CT molecular complexity index is 2540. The third-order valence-corrected chi connectivity index (χ3v) is 11.1. The average molecular weight is 848 g/mol. The number of aryl methyl sites for hydroxylation is 4. The number of methoxy groups -OCH3 is 1. The van der Waals surface area contributed by atoms with Gasteiger partial charge in [0.15, 0.2) is 0 Å². The largest absolute Gasteiger partial charge is 0.487 e. The lowest BCUT2D eigenvalue weighted by Crippen LogP contribution is -2.23. The Balaban J connectivity index is 0.000000201. The Morgan fingerprint density at radius 3 is 1.65 bits per heavy atom. The minimum atomic E-state index is -0.699. The molecule has 7 aromatic rings. The fourth-order valence-electron chi connectivity index (χ4n) is 7.62. The van der Waals surface area contributed by atoms with E-state index in [1.165, 1.54) is 12.7 Å². The van der Waals surface area contributed by atoms with Crippen LogP contribution in [0.3, 0.4) is 0 Å². The molecule has 11 nitrogen and oxygen atoms in total. The zero-order chi connectivity index (χ0) is 44.0. The number of nitrogens with zero attached hydrogens (tertiary/aromatic N) is 3. The van der Waals surface area contributed by atoms with Gasteiger partial charge in [-0.05, 0) is 104 Å². The number of esters is 1. The number of carbonyl (C=O) groups excluding carboxylic acids is 1. The molecule has 11 heteroatoms. The number of aromatic nitrogens is 2. The molecule has 1 aliphatic rings. The summed E-state index contributed by atoms with van der Waals surface area (Å²) in [7, 11) is 1.39. The highest BCUT2D eigenvalue weighted by Crippen LogP contribution is 2.30. The number of rotatable bonds is 17. The Labute approximate surface area is 368 Å². The summed E-state index contributed by atoms with van der Waals surface area (Å²) in [5, 5.41) is 9.82. The zero-order valence-corrected chi connectivity index (χ0v) is 35.9. The van der Waals surface area contributed by atoms with Crippen molar-refractivity contribution in [2.75, 3.05) is 20.2 Å². The van der Waals surface area contributed by atoms with Crippen LogP contribution in [0.5, 0.6) is 11.5 Å². The van der Waals surface area contributed by atoms with Gasteiger partial charge in [-0.2, -0.15) is 0 Å². The van der Waals surface area contributed by atoms with Crippen molar-refractivity contribution in [3.63, 3.8) is 0 Å². The van der Waals surface area contributed by atoms with E-state index in [0.29, 0.717) is 44.4 Å². The first-order chi connectivity index (χ1) is 30.7. The van der Waals surface area contributed by atoms with Crippen LogP contribution in [-0.2, 0) is 46.9 Å². The number of likely N-dealkylation sites (tertiary alicyclic amines) is 1. The number of oxazole rings is 2. The van der Waals surface area contributed by atoms with E-state index in [1.54, 1.807) is 0 Å². The number of hydrogen-bond donors (Lipinski definition) is 1. The van der Waals surface area contributed by atoms with Gasteiger partial charge in [0.25, 0.3) is 0 Å². The monoisotopic (exact) mass is 847 g/mol. The number of carboxylic acid groups (broad SMARTS) is 1. The molecule has 1 saturated heterocycles. The van der Waals surface area contributed by atoms with Gasteiger partial charge in [-0.15, -0.1) is 0 Å². The highest BCUT2D eigenvalue weighted by atomic mass is 16.5. The molecule has 3 heterocycles. The van der Waals surface area contributed by atoms with Crippen molar-refractivity contribution >= 4 is 11.9 Å². The van der Waals surface area contributed by atoms with Gasteiger partial charge in [-0.25, -0.2) is 9.97 Å². The van der Waals surface area contributed by atoms with Crippen LogP contribution in [0, 0.1) is 25.7 Å². The molecule has 8 rings (SSSR count). The molecule has 324 valence electrons. The number of benzene rings is 5. The molecule has 0 bridgehead atoms. The Morgan fingerprint density at radius 1 is 0.651 bits per heavy atom. The van der Waals surface area contributed by atoms with Crippen molar-refractivity contribution in [2.24, 2.45) is 11.8 Å². The van der Waals surface area contributed by atoms with Crippen LogP contribution in [0.2, 0.25) is 0 Å². The minimum Gasteiger partial charge on any atom is -0.487 e. The highest BCUT2D eigenvalue weighted by molar-refractivity contribution is 5.71. The van der Waals surface area contributed by atoms with Gasteiger partial charge >= 0.3 is 11.9 Å². The van der Waals surface area contributed by atoms with Gasteiger partial charge in [-0.3, -0.25) is 14.5 Å². The maximum Gasteiger partial charge on any atom is 0.308 e. The number of ether oxygens (including phenoxy) is 3. The van der Waals surface area contributed by atoms with Gasteiger partial charge < -0.3 is 28.2 Å². The van der Waals surface area contributed by atoms with Gasteiger partial charge in [0.2, 0.25) is 11.8 Å². The van der Waals surface area contributed by atoms with Crippen LogP contribution in [0.25, 0.3) is 22.9 Å². The number of carbonyl (C=O) groups is 2. The van der Waals surface area contributed by atoms with E-state index < -0.39 is 5.97 Å². The van der Waals surface area contributed by atoms with Crippen molar-refractivity contribution in [1.82, 2.24) is 14.9 Å². The van der Waals surface area contributed by atoms with E-state index in [0.717, 1.165) is 82.6 Å². The molecule has 2 atom stereocenters. The third kappa shape index (κ3) is 12.5. The molecular weight excluding hydrogens is 795 g/mol. The lowest BCUT2D eigenvalue weighted by molar-refractivity contribution is -0.143. The van der Waals surface area contributed by atoms with E-state index in [1.807, 2.05) is 135 Å². The number of carboxylic acids is 1. The molecule has 0 saturated carbocycles. The van der Waals surface area contributed by atoms with E-state index >= 15 is 0 Å². The summed E-state index contributed by atoms with van der Waals surface area (Å²) in [6, 6.07) is 45.6. The van der Waals surface area contributed by atoms with Crippen LogP contribution in [0.1, 0.15) is 52.4 Å². The molecule has 1 aliphatic heterocycles. The first-order valence-corrected chi connectivity index (χ1v) is 21.2. The lowest BCUT2D eigenvalue weighted by Gasteiger charge is -2.16. The SMILES string of the molecule is COC(=O)CCc1cccc(OCc2nc(-c3ccccc3)oc2C)c1.Cc1oc(-c2ccccc2)nc1COc1cccc(CC[C@@H]2CN(Cc3ccccc3)C[C@@H]2C(=O)O)c1. The normalized spacial score (nSPS) is 14.7. The van der Waals surface area contributed by atoms with E-state index in [-0.39, 0.29) is 17.8 Å². The molecule has 0 unspecified atom stereocenters. The van der Waals surface area contributed by atoms with E-state index in [2.05, 4.69) is 37.8 Å². The summed E-state index contributed by atoms with van der Waals surface area (Å²) in [5.41, 5.74) is 6.80. The Morgan fingerprint density at radius 2 is 1.14 bits per heavy atom. The fraction of sp³-hybridized carbons (Fsp3) is 0.269. The van der Waals surface area contributed by atoms with Crippen molar-refractivity contribution < 1.29 is 37.7 Å². The van der Waals surface area contributed by atoms with E-state index in [4.69, 9.17) is 18.3 Å². The summed E-state index contributed by atoms with van der Waals surface area (Å²) in [4.78, 5) is 34.6. The second-order valence-corrected chi connectivity index (χ2v) is 15.6. The van der Waals surface area contributed by atoms with Crippen LogP contribution >= 0.6 is 0 Å².